The van der Waals surface area contributed by atoms with Crippen molar-refractivity contribution in [1.29, 1.82) is 0 Å². The Morgan fingerprint density at radius 3 is 2.31 bits per heavy atom. The minimum Gasteiger partial charge on any atom is -0.459 e. The Labute approximate surface area is 103 Å². The third kappa shape index (κ3) is 2.06. The van der Waals surface area contributed by atoms with Gasteiger partial charge in [-0.1, -0.05) is 15.9 Å². The highest BCUT2D eigenvalue weighted by atomic mass is 79.9. The molecule has 0 fully saturated rings. The summed E-state index contributed by atoms with van der Waals surface area (Å²) >= 11 is 3.53. The molecule has 0 amide bonds. The maximum Gasteiger partial charge on any atom is 0.134 e. The zero-order chi connectivity index (χ0) is 11.7. The SMILES string of the molecule is Cc1cc(-c2ccc(CO)o2)cc(C)c1Br. The first-order valence-corrected chi connectivity index (χ1v) is 5.88. The molecule has 0 aliphatic carbocycles. The number of aliphatic hydroxyl groups is 1. The molecule has 3 heteroatoms. The lowest BCUT2D eigenvalue weighted by Gasteiger charge is -2.05. The van der Waals surface area contributed by atoms with Gasteiger partial charge in [-0.3, -0.25) is 0 Å². The van der Waals surface area contributed by atoms with Crippen LogP contribution >= 0.6 is 15.9 Å². The largest absolute Gasteiger partial charge is 0.459 e. The average Bonchev–Trinajstić information content (AvgIpc) is 2.73. The van der Waals surface area contributed by atoms with Gasteiger partial charge < -0.3 is 9.52 Å². The Kier molecular flexibility index (Phi) is 3.17. The molecular formula is C13H13BrO2. The van der Waals surface area contributed by atoms with E-state index in [1.165, 1.54) is 11.1 Å². The van der Waals surface area contributed by atoms with E-state index >= 15 is 0 Å². The molecule has 16 heavy (non-hydrogen) atoms. The summed E-state index contributed by atoms with van der Waals surface area (Å²) in [5.74, 6) is 1.39. The summed E-state index contributed by atoms with van der Waals surface area (Å²) in [4.78, 5) is 0. The van der Waals surface area contributed by atoms with Gasteiger partial charge >= 0.3 is 0 Å². The molecule has 0 aliphatic rings. The topological polar surface area (TPSA) is 33.4 Å². The van der Waals surface area contributed by atoms with Crippen LogP contribution in [0, 0.1) is 13.8 Å². The van der Waals surface area contributed by atoms with E-state index in [-0.39, 0.29) is 6.61 Å². The van der Waals surface area contributed by atoms with Crippen molar-refractivity contribution in [2.45, 2.75) is 20.5 Å². The van der Waals surface area contributed by atoms with Gasteiger partial charge in [0.1, 0.15) is 18.1 Å². The highest BCUT2D eigenvalue weighted by molar-refractivity contribution is 9.10. The first kappa shape index (κ1) is 11.4. The molecule has 0 bridgehead atoms. The molecule has 0 spiro atoms. The Morgan fingerprint density at radius 1 is 1.19 bits per heavy atom. The van der Waals surface area contributed by atoms with Crippen LogP contribution in [0.4, 0.5) is 0 Å². The maximum absolute atomic E-state index is 8.95. The molecule has 0 saturated heterocycles. The van der Waals surface area contributed by atoms with Crippen LogP contribution in [0.1, 0.15) is 16.9 Å². The molecule has 0 atom stereocenters. The number of benzene rings is 1. The molecule has 0 aliphatic heterocycles. The van der Waals surface area contributed by atoms with Crippen molar-refractivity contribution in [3.05, 3.63) is 45.6 Å². The van der Waals surface area contributed by atoms with Crippen LogP contribution in [0.5, 0.6) is 0 Å². The van der Waals surface area contributed by atoms with Gasteiger partial charge in [-0.2, -0.15) is 0 Å². The van der Waals surface area contributed by atoms with Gasteiger partial charge in [0.2, 0.25) is 0 Å². The summed E-state index contributed by atoms with van der Waals surface area (Å²) in [6, 6.07) is 7.81. The third-order valence-corrected chi connectivity index (χ3v) is 3.79. The number of halogens is 1. The van der Waals surface area contributed by atoms with E-state index in [1.807, 2.05) is 6.07 Å². The Hall–Kier alpha value is -1.06. The summed E-state index contributed by atoms with van der Waals surface area (Å²) in [5.41, 5.74) is 3.40. The van der Waals surface area contributed by atoms with E-state index in [4.69, 9.17) is 9.52 Å². The minimum atomic E-state index is -0.0610. The van der Waals surface area contributed by atoms with Crippen molar-refractivity contribution in [1.82, 2.24) is 0 Å². The van der Waals surface area contributed by atoms with E-state index in [1.54, 1.807) is 6.07 Å². The fourth-order valence-corrected chi connectivity index (χ4v) is 1.94. The molecule has 0 radical (unpaired) electrons. The van der Waals surface area contributed by atoms with Gasteiger partial charge in [0.05, 0.1) is 0 Å². The standard InChI is InChI=1S/C13H13BrO2/c1-8-5-10(6-9(2)13(8)14)12-4-3-11(7-15)16-12/h3-6,15H,7H2,1-2H3. The quantitative estimate of drug-likeness (QED) is 0.907. The second kappa shape index (κ2) is 4.44. The molecule has 84 valence electrons. The number of aliphatic hydroxyl groups excluding tert-OH is 1. The van der Waals surface area contributed by atoms with Crippen molar-refractivity contribution in [3.8, 4) is 11.3 Å². The molecular weight excluding hydrogens is 268 g/mol. The molecule has 1 aromatic carbocycles. The van der Waals surface area contributed by atoms with Crippen molar-refractivity contribution >= 4 is 15.9 Å². The minimum absolute atomic E-state index is 0.0610. The van der Waals surface area contributed by atoms with Crippen LogP contribution in [0.3, 0.4) is 0 Å². The normalized spacial score (nSPS) is 10.8. The van der Waals surface area contributed by atoms with E-state index in [2.05, 4.69) is 41.9 Å². The van der Waals surface area contributed by atoms with Crippen LogP contribution < -0.4 is 0 Å². The monoisotopic (exact) mass is 280 g/mol. The Bertz CT molecular complexity index is 491. The van der Waals surface area contributed by atoms with E-state index in [0.717, 1.165) is 15.8 Å². The maximum atomic E-state index is 8.95. The van der Waals surface area contributed by atoms with Crippen LogP contribution in [-0.4, -0.2) is 5.11 Å². The molecule has 2 nitrogen and oxygen atoms in total. The molecule has 2 aromatic rings. The fraction of sp³-hybridized carbons (Fsp3) is 0.231. The molecule has 1 heterocycles. The Balaban J connectivity index is 2.48. The van der Waals surface area contributed by atoms with Crippen LogP contribution in [0.25, 0.3) is 11.3 Å². The summed E-state index contributed by atoms with van der Waals surface area (Å²) in [6.07, 6.45) is 0. The second-order valence-corrected chi connectivity index (χ2v) is 4.64. The highest BCUT2D eigenvalue weighted by Gasteiger charge is 2.07. The number of hydrogen-bond donors (Lipinski definition) is 1. The van der Waals surface area contributed by atoms with Gasteiger partial charge in [0.15, 0.2) is 0 Å². The van der Waals surface area contributed by atoms with Crippen LogP contribution in [-0.2, 0) is 6.61 Å². The van der Waals surface area contributed by atoms with Gasteiger partial charge in [-0.15, -0.1) is 0 Å². The number of aryl methyl sites for hydroxylation is 2. The molecule has 0 saturated carbocycles. The van der Waals surface area contributed by atoms with Gasteiger partial charge in [-0.05, 0) is 49.2 Å². The molecule has 1 aromatic heterocycles. The summed E-state index contributed by atoms with van der Waals surface area (Å²) in [7, 11) is 0. The smallest absolute Gasteiger partial charge is 0.134 e. The van der Waals surface area contributed by atoms with Crippen molar-refractivity contribution in [2.75, 3.05) is 0 Å². The fourth-order valence-electron chi connectivity index (χ4n) is 1.71. The molecule has 0 unspecified atom stereocenters. The second-order valence-electron chi connectivity index (χ2n) is 3.85. The number of rotatable bonds is 2. The van der Waals surface area contributed by atoms with Gasteiger partial charge in [0.25, 0.3) is 0 Å². The lowest BCUT2D eigenvalue weighted by Crippen LogP contribution is -1.84. The zero-order valence-corrected chi connectivity index (χ0v) is 10.8. The highest BCUT2D eigenvalue weighted by Crippen LogP contribution is 2.29. The lowest BCUT2D eigenvalue weighted by atomic mass is 10.1. The first-order chi connectivity index (χ1) is 7.61. The third-order valence-electron chi connectivity index (χ3n) is 2.54. The number of furan rings is 1. The van der Waals surface area contributed by atoms with Crippen molar-refractivity contribution in [2.24, 2.45) is 0 Å². The van der Waals surface area contributed by atoms with Gasteiger partial charge in [0, 0.05) is 10.0 Å². The predicted octanol–water partition coefficient (Wildman–Crippen LogP) is 3.82. The van der Waals surface area contributed by atoms with E-state index < -0.39 is 0 Å². The lowest BCUT2D eigenvalue weighted by molar-refractivity contribution is 0.248. The summed E-state index contributed by atoms with van der Waals surface area (Å²) in [5, 5.41) is 8.95. The first-order valence-electron chi connectivity index (χ1n) is 5.08. The zero-order valence-electron chi connectivity index (χ0n) is 9.25. The average molecular weight is 281 g/mol. The number of hydrogen-bond acceptors (Lipinski definition) is 2. The van der Waals surface area contributed by atoms with Crippen molar-refractivity contribution < 1.29 is 9.52 Å². The summed E-state index contributed by atoms with van der Waals surface area (Å²) < 4.78 is 6.63. The Morgan fingerprint density at radius 2 is 1.81 bits per heavy atom. The van der Waals surface area contributed by atoms with Crippen LogP contribution in [0.2, 0.25) is 0 Å². The predicted molar refractivity (Wildman–Crippen MR) is 67.2 cm³/mol. The van der Waals surface area contributed by atoms with E-state index in [9.17, 15) is 0 Å². The van der Waals surface area contributed by atoms with E-state index in [0.29, 0.717) is 5.76 Å². The molecule has 1 N–H and O–H groups in total. The van der Waals surface area contributed by atoms with Crippen molar-refractivity contribution in [3.63, 3.8) is 0 Å². The summed E-state index contributed by atoms with van der Waals surface area (Å²) in [6.45, 7) is 4.04. The molecule has 2 rings (SSSR count). The van der Waals surface area contributed by atoms with Crippen LogP contribution in [0.15, 0.2) is 33.2 Å². The van der Waals surface area contributed by atoms with Gasteiger partial charge in [-0.25, -0.2) is 0 Å².